The van der Waals surface area contributed by atoms with Crippen LogP contribution in [0.4, 0.5) is 0 Å². The summed E-state index contributed by atoms with van der Waals surface area (Å²) in [5, 5.41) is 0. The van der Waals surface area contributed by atoms with Gasteiger partial charge in [0.25, 0.3) is 5.85 Å². The van der Waals surface area contributed by atoms with Gasteiger partial charge in [-0.2, -0.15) is 0 Å². The van der Waals surface area contributed by atoms with Gasteiger partial charge in [0.15, 0.2) is 0 Å². The van der Waals surface area contributed by atoms with Crippen molar-refractivity contribution in [2.75, 3.05) is 5.49 Å². The van der Waals surface area contributed by atoms with Gasteiger partial charge in [-0.3, -0.25) is 4.57 Å². The molecule has 0 spiro atoms. The first kappa shape index (κ1) is 10.0. The van der Waals surface area contributed by atoms with Crippen LogP contribution in [-0.4, -0.2) is 13.9 Å². The molecule has 0 bridgehead atoms. The van der Waals surface area contributed by atoms with E-state index in [2.05, 4.69) is 10.7 Å². The molecular formula is CH2Cl3O3PS. The van der Waals surface area contributed by atoms with Crippen molar-refractivity contribution in [3.63, 3.8) is 0 Å². The van der Waals surface area contributed by atoms with E-state index in [1.54, 1.807) is 0 Å². The van der Waals surface area contributed by atoms with Gasteiger partial charge in [0, 0.05) is 10.7 Å². The van der Waals surface area contributed by atoms with Crippen LogP contribution in [0.3, 0.4) is 0 Å². The van der Waals surface area contributed by atoms with E-state index in [4.69, 9.17) is 22.5 Å². The van der Waals surface area contributed by atoms with Gasteiger partial charge >= 0.3 is 0 Å². The molecule has 0 saturated heterocycles. The summed E-state index contributed by atoms with van der Waals surface area (Å²) in [6.45, 7) is 0. The van der Waals surface area contributed by atoms with Crippen LogP contribution in [0.25, 0.3) is 0 Å². The molecule has 0 aliphatic heterocycles. The molecule has 0 unspecified atom stereocenters. The van der Waals surface area contributed by atoms with Gasteiger partial charge < -0.3 is 0 Å². The fraction of sp³-hybridized carbons (Fsp3) is 1.00. The Morgan fingerprint density at radius 3 is 1.67 bits per heavy atom. The zero-order valence-electron chi connectivity index (χ0n) is 3.92. The van der Waals surface area contributed by atoms with Crippen LogP contribution >= 0.6 is 39.0 Å². The molecule has 0 radical (unpaired) electrons. The van der Waals surface area contributed by atoms with E-state index in [1.165, 1.54) is 0 Å². The van der Waals surface area contributed by atoms with E-state index < -0.39 is 20.4 Å². The molecule has 0 aliphatic carbocycles. The molecule has 0 atom stereocenters. The van der Waals surface area contributed by atoms with Crippen molar-refractivity contribution in [1.82, 2.24) is 0 Å². The first-order chi connectivity index (χ1) is 3.71. The number of halogens is 3. The lowest BCUT2D eigenvalue weighted by molar-refractivity contribution is 0.592. The zero-order chi connectivity index (χ0) is 7.71. The third-order valence-corrected chi connectivity index (χ3v) is 5.38. The maximum Gasteiger partial charge on any atom is 0.269 e. The standard InChI is InChI=1S/CH2Cl3O3PS/c2-8(3,5)1-9(4,6)7/h1H2. The summed E-state index contributed by atoms with van der Waals surface area (Å²) in [5.74, 6) is -3.56. The lowest BCUT2D eigenvalue weighted by Gasteiger charge is -1.94. The summed E-state index contributed by atoms with van der Waals surface area (Å²) in [6, 6.07) is 0. The fourth-order valence-electron chi connectivity index (χ4n) is 0.180. The van der Waals surface area contributed by atoms with Gasteiger partial charge in [-0.25, -0.2) is 8.42 Å². The Bertz CT molecular complexity index is 225. The van der Waals surface area contributed by atoms with Gasteiger partial charge in [-0.05, 0) is 22.5 Å². The quantitative estimate of drug-likeness (QED) is 0.541. The van der Waals surface area contributed by atoms with Crippen LogP contribution in [0.5, 0.6) is 0 Å². The van der Waals surface area contributed by atoms with Gasteiger partial charge in [-0.1, -0.05) is 0 Å². The highest BCUT2D eigenvalue weighted by Gasteiger charge is 2.22. The van der Waals surface area contributed by atoms with E-state index >= 15 is 0 Å². The Morgan fingerprint density at radius 1 is 1.33 bits per heavy atom. The van der Waals surface area contributed by atoms with Gasteiger partial charge in [0.05, 0.1) is 0 Å². The lowest BCUT2D eigenvalue weighted by atomic mass is 11.9. The Labute approximate surface area is 66.7 Å². The van der Waals surface area contributed by atoms with Crippen LogP contribution in [0.2, 0.25) is 0 Å². The predicted octanol–water partition coefficient (Wildman–Crippen LogP) is 2.18. The molecule has 0 aromatic rings. The molecule has 8 heteroatoms. The molecule has 56 valence electrons. The summed E-state index contributed by atoms with van der Waals surface area (Å²) >= 11 is 9.75. The molecule has 0 heterocycles. The molecule has 0 aromatic heterocycles. The van der Waals surface area contributed by atoms with E-state index in [-0.39, 0.29) is 0 Å². The molecule has 0 N–H and O–H groups in total. The highest BCUT2D eigenvalue weighted by atomic mass is 35.9. The fourth-order valence-corrected chi connectivity index (χ4v) is 6.06. The maximum atomic E-state index is 10.3. The summed E-state index contributed by atoms with van der Waals surface area (Å²) in [4.78, 5) is 0. The lowest BCUT2D eigenvalue weighted by Crippen LogP contribution is -1.91. The Kier molecular flexibility index (Phi) is 3.32. The highest BCUT2D eigenvalue weighted by molar-refractivity contribution is 8.24. The molecule has 0 fully saturated rings. The van der Waals surface area contributed by atoms with Crippen LogP contribution in [-0.2, 0) is 13.6 Å². The molecule has 0 amide bonds. The smallest absolute Gasteiger partial charge is 0.269 e. The summed E-state index contributed by atoms with van der Waals surface area (Å²) < 4.78 is 30.4. The third-order valence-electron chi connectivity index (χ3n) is 0.304. The first-order valence-corrected chi connectivity index (χ1v) is 7.79. The second-order valence-corrected chi connectivity index (χ2v) is 9.69. The summed E-state index contributed by atoms with van der Waals surface area (Å²) in [7, 11) is 0.812. The monoisotopic (exact) mass is 230 g/mol. The zero-order valence-corrected chi connectivity index (χ0v) is 7.90. The minimum absolute atomic E-state index is 0.884. The number of rotatable bonds is 2. The molecule has 0 aromatic carbocycles. The molecular weight excluding hydrogens is 229 g/mol. The van der Waals surface area contributed by atoms with E-state index in [1.807, 2.05) is 0 Å². The molecule has 9 heavy (non-hydrogen) atoms. The van der Waals surface area contributed by atoms with Crippen molar-refractivity contribution in [2.24, 2.45) is 0 Å². The number of hydrogen-bond acceptors (Lipinski definition) is 3. The third kappa shape index (κ3) is 9.05. The normalized spacial score (nSPS) is 13.7. The van der Waals surface area contributed by atoms with Gasteiger partial charge in [-0.15, -0.1) is 0 Å². The highest BCUT2D eigenvalue weighted by Crippen LogP contribution is 2.57. The molecule has 0 rings (SSSR count). The van der Waals surface area contributed by atoms with Crippen LogP contribution < -0.4 is 0 Å². The van der Waals surface area contributed by atoms with Crippen molar-refractivity contribution in [3.05, 3.63) is 0 Å². The van der Waals surface area contributed by atoms with Crippen molar-refractivity contribution in [1.29, 1.82) is 0 Å². The number of hydrogen-bond donors (Lipinski definition) is 0. The summed E-state index contributed by atoms with van der Waals surface area (Å²) in [6.07, 6.45) is 0. The first-order valence-electron chi connectivity index (χ1n) is 1.61. The van der Waals surface area contributed by atoms with Crippen LogP contribution in [0.15, 0.2) is 0 Å². The van der Waals surface area contributed by atoms with Gasteiger partial charge in [0.2, 0.25) is 9.05 Å². The van der Waals surface area contributed by atoms with Crippen molar-refractivity contribution < 1.29 is 13.0 Å². The van der Waals surface area contributed by atoms with Crippen molar-refractivity contribution in [2.45, 2.75) is 0 Å². The largest absolute Gasteiger partial charge is 0.288 e. The topological polar surface area (TPSA) is 51.2 Å². The maximum absolute atomic E-state index is 10.3. The average Bonchev–Trinajstić information content (AvgIpc) is 1.14. The Morgan fingerprint density at radius 2 is 1.67 bits per heavy atom. The van der Waals surface area contributed by atoms with Gasteiger partial charge in [0.1, 0.15) is 5.49 Å². The van der Waals surface area contributed by atoms with Crippen LogP contribution in [0.1, 0.15) is 0 Å². The minimum Gasteiger partial charge on any atom is -0.288 e. The predicted molar refractivity (Wildman–Crippen MR) is 39.0 cm³/mol. The molecule has 0 aliphatic rings. The van der Waals surface area contributed by atoms with Crippen LogP contribution in [0, 0.1) is 0 Å². The van der Waals surface area contributed by atoms with E-state index in [9.17, 15) is 13.0 Å². The van der Waals surface area contributed by atoms with Crippen molar-refractivity contribution >= 4 is 48.1 Å². The average molecular weight is 231 g/mol. The Balaban J connectivity index is 4.26. The summed E-state index contributed by atoms with van der Waals surface area (Å²) in [5.41, 5.74) is -0.884. The molecule has 0 saturated carbocycles. The van der Waals surface area contributed by atoms with Crippen molar-refractivity contribution in [3.8, 4) is 0 Å². The second-order valence-electron chi connectivity index (χ2n) is 1.24. The Hall–Kier alpha value is 1.05. The second kappa shape index (κ2) is 2.97. The van der Waals surface area contributed by atoms with E-state index in [0.717, 1.165) is 0 Å². The minimum atomic E-state index is -3.84. The SMILES string of the molecule is O=P(Cl)(Cl)CS(=O)(=O)Cl. The molecule has 3 nitrogen and oxygen atoms in total. The van der Waals surface area contributed by atoms with E-state index in [0.29, 0.717) is 0 Å².